The SMILES string of the molecule is COc1ccc(-c2cc(C(=O)NC3CC(C(=O)O)C3)sc2C)cc1. The number of amides is 1. The molecule has 0 saturated heterocycles. The molecule has 0 unspecified atom stereocenters. The summed E-state index contributed by atoms with van der Waals surface area (Å²) in [6.45, 7) is 1.99. The van der Waals surface area contributed by atoms with Crippen molar-refractivity contribution in [2.75, 3.05) is 7.11 Å². The predicted octanol–water partition coefficient (Wildman–Crippen LogP) is 3.33. The molecule has 0 bridgehead atoms. The van der Waals surface area contributed by atoms with Gasteiger partial charge in [-0.05, 0) is 49.1 Å². The smallest absolute Gasteiger partial charge is 0.306 e. The molecule has 126 valence electrons. The molecule has 1 saturated carbocycles. The zero-order valence-corrected chi connectivity index (χ0v) is 14.4. The first-order valence-corrected chi connectivity index (χ1v) is 8.58. The molecule has 24 heavy (non-hydrogen) atoms. The largest absolute Gasteiger partial charge is 0.497 e. The normalized spacial score (nSPS) is 19.4. The number of carbonyl (C=O) groups is 2. The Hall–Kier alpha value is -2.34. The van der Waals surface area contributed by atoms with Crippen LogP contribution in [0.25, 0.3) is 11.1 Å². The summed E-state index contributed by atoms with van der Waals surface area (Å²) in [6, 6.07) is 9.59. The molecule has 0 spiro atoms. The van der Waals surface area contributed by atoms with E-state index in [9.17, 15) is 9.59 Å². The number of hydrogen-bond donors (Lipinski definition) is 2. The van der Waals surface area contributed by atoms with Crippen molar-refractivity contribution in [1.29, 1.82) is 0 Å². The standard InChI is InChI=1S/C18H19NO4S/c1-10-15(11-3-5-14(23-2)6-4-11)9-16(24-10)17(20)19-13-7-12(8-13)18(21)22/h3-6,9,12-13H,7-8H2,1-2H3,(H,19,20)(H,21,22). The molecule has 0 radical (unpaired) electrons. The van der Waals surface area contributed by atoms with E-state index in [0.29, 0.717) is 17.7 Å². The van der Waals surface area contributed by atoms with E-state index in [-0.39, 0.29) is 17.9 Å². The van der Waals surface area contributed by atoms with Crippen molar-refractivity contribution in [2.45, 2.75) is 25.8 Å². The van der Waals surface area contributed by atoms with Gasteiger partial charge in [0.15, 0.2) is 0 Å². The lowest BCUT2D eigenvalue weighted by atomic mass is 9.80. The summed E-state index contributed by atoms with van der Waals surface area (Å²) in [4.78, 5) is 24.9. The Balaban J connectivity index is 1.69. The highest BCUT2D eigenvalue weighted by Crippen LogP contribution is 2.33. The Morgan fingerprint density at radius 1 is 1.25 bits per heavy atom. The maximum Gasteiger partial charge on any atom is 0.306 e. The van der Waals surface area contributed by atoms with Crippen molar-refractivity contribution in [2.24, 2.45) is 5.92 Å². The summed E-state index contributed by atoms with van der Waals surface area (Å²) in [6.07, 6.45) is 1.02. The van der Waals surface area contributed by atoms with Crippen LogP contribution in [0.1, 0.15) is 27.4 Å². The predicted molar refractivity (Wildman–Crippen MR) is 92.7 cm³/mol. The van der Waals surface area contributed by atoms with Crippen molar-refractivity contribution >= 4 is 23.2 Å². The van der Waals surface area contributed by atoms with Crippen molar-refractivity contribution in [3.8, 4) is 16.9 Å². The second kappa shape index (κ2) is 6.65. The molecule has 1 aliphatic carbocycles. The number of carbonyl (C=O) groups excluding carboxylic acids is 1. The minimum absolute atomic E-state index is 0.0366. The van der Waals surface area contributed by atoms with Gasteiger partial charge in [0, 0.05) is 10.9 Å². The topological polar surface area (TPSA) is 75.6 Å². The van der Waals surface area contributed by atoms with Crippen molar-refractivity contribution < 1.29 is 19.4 Å². The van der Waals surface area contributed by atoms with E-state index in [0.717, 1.165) is 21.8 Å². The van der Waals surface area contributed by atoms with Gasteiger partial charge in [-0.2, -0.15) is 0 Å². The Labute approximate surface area is 144 Å². The van der Waals surface area contributed by atoms with Gasteiger partial charge in [0.1, 0.15) is 5.75 Å². The number of nitrogens with one attached hydrogen (secondary N) is 1. The molecule has 6 heteroatoms. The molecule has 1 aromatic heterocycles. The molecular weight excluding hydrogens is 326 g/mol. The molecule has 0 atom stereocenters. The Morgan fingerprint density at radius 2 is 1.92 bits per heavy atom. The first kappa shape index (κ1) is 16.5. The molecule has 2 aromatic rings. The Bertz CT molecular complexity index is 760. The molecular formula is C18H19NO4S. The number of carboxylic acid groups (broad SMARTS) is 1. The van der Waals surface area contributed by atoms with Crippen LogP contribution in [-0.2, 0) is 4.79 Å². The van der Waals surface area contributed by atoms with Crippen LogP contribution in [0.5, 0.6) is 5.75 Å². The summed E-state index contributed by atoms with van der Waals surface area (Å²) in [5.41, 5.74) is 2.07. The second-order valence-electron chi connectivity index (χ2n) is 5.99. The Morgan fingerprint density at radius 3 is 2.50 bits per heavy atom. The van der Waals surface area contributed by atoms with E-state index in [1.165, 1.54) is 11.3 Å². The van der Waals surface area contributed by atoms with Crippen LogP contribution in [0.3, 0.4) is 0 Å². The lowest BCUT2D eigenvalue weighted by Gasteiger charge is -2.32. The highest BCUT2D eigenvalue weighted by atomic mass is 32.1. The summed E-state index contributed by atoms with van der Waals surface area (Å²) in [5.74, 6) is -0.441. The number of thiophene rings is 1. The number of ether oxygens (including phenoxy) is 1. The lowest BCUT2D eigenvalue weighted by molar-refractivity contribution is -0.145. The van der Waals surface area contributed by atoms with Crippen LogP contribution in [0.2, 0.25) is 0 Å². The average molecular weight is 345 g/mol. The highest BCUT2D eigenvalue weighted by Gasteiger charge is 2.35. The molecule has 1 aromatic carbocycles. The van der Waals surface area contributed by atoms with Crippen LogP contribution < -0.4 is 10.1 Å². The molecule has 1 amide bonds. The summed E-state index contributed by atoms with van der Waals surface area (Å²) < 4.78 is 5.16. The molecule has 2 N–H and O–H groups in total. The van der Waals surface area contributed by atoms with Crippen molar-refractivity contribution in [3.63, 3.8) is 0 Å². The maximum atomic E-state index is 12.4. The van der Waals surface area contributed by atoms with Gasteiger partial charge in [0.25, 0.3) is 5.91 Å². The molecule has 1 fully saturated rings. The van der Waals surface area contributed by atoms with E-state index < -0.39 is 5.97 Å². The van der Waals surface area contributed by atoms with Crippen LogP contribution in [0.15, 0.2) is 30.3 Å². The van der Waals surface area contributed by atoms with E-state index in [1.54, 1.807) is 7.11 Å². The first-order chi connectivity index (χ1) is 11.5. The molecule has 1 aliphatic rings. The van der Waals surface area contributed by atoms with E-state index >= 15 is 0 Å². The number of rotatable bonds is 5. The minimum Gasteiger partial charge on any atom is -0.497 e. The summed E-state index contributed by atoms with van der Waals surface area (Å²) in [7, 11) is 1.63. The fourth-order valence-corrected chi connectivity index (χ4v) is 3.79. The molecule has 5 nitrogen and oxygen atoms in total. The molecule has 3 rings (SSSR count). The second-order valence-corrected chi connectivity index (χ2v) is 7.24. The average Bonchev–Trinajstić information content (AvgIpc) is 2.92. The van der Waals surface area contributed by atoms with Gasteiger partial charge in [-0.3, -0.25) is 9.59 Å². The van der Waals surface area contributed by atoms with Crippen molar-refractivity contribution in [3.05, 3.63) is 40.1 Å². The van der Waals surface area contributed by atoms with Crippen molar-refractivity contribution in [1.82, 2.24) is 5.32 Å². The van der Waals surface area contributed by atoms with Gasteiger partial charge in [0.05, 0.1) is 17.9 Å². The van der Waals surface area contributed by atoms with Crippen LogP contribution >= 0.6 is 11.3 Å². The molecule has 0 aliphatic heterocycles. The molecule has 1 heterocycles. The zero-order chi connectivity index (χ0) is 17.3. The minimum atomic E-state index is -0.783. The number of aryl methyl sites for hydroxylation is 1. The van der Waals surface area contributed by atoms with Gasteiger partial charge in [-0.15, -0.1) is 11.3 Å². The van der Waals surface area contributed by atoms with Gasteiger partial charge in [0.2, 0.25) is 0 Å². The fraction of sp³-hybridized carbons (Fsp3) is 0.333. The fourth-order valence-electron chi connectivity index (χ4n) is 2.85. The van der Waals surface area contributed by atoms with E-state index in [1.807, 2.05) is 37.3 Å². The third kappa shape index (κ3) is 3.28. The first-order valence-electron chi connectivity index (χ1n) is 7.76. The van der Waals surface area contributed by atoms with E-state index in [2.05, 4.69) is 5.32 Å². The highest BCUT2D eigenvalue weighted by molar-refractivity contribution is 7.14. The van der Waals surface area contributed by atoms with Gasteiger partial charge in [-0.1, -0.05) is 12.1 Å². The quantitative estimate of drug-likeness (QED) is 0.871. The number of carboxylic acids is 1. The number of methoxy groups -OCH3 is 1. The van der Waals surface area contributed by atoms with Crippen LogP contribution in [-0.4, -0.2) is 30.1 Å². The third-order valence-electron chi connectivity index (χ3n) is 4.37. The Kier molecular flexibility index (Phi) is 4.57. The summed E-state index contributed by atoms with van der Waals surface area (Å²) >= 11 is 1.45. The zero-order valence-electron chi connectivity index (χ0n) is 13.5. The number of aliphatic carboxylic acids is 1. The van der Waals surface area contributed by atoms with Gasteiger partial charge in [-0.25, -0.2) is 0 Å². The number of hydrogen-bond acceptors (Lipinski definition) is 4. The van der Waals surface area contributed by atoms with Crippen LogP contribution in [0.4, 0.5) is 0 Å². The summed E-state index contributed by atoms with van der Waals surface area (Å²) in [5, 5.41) is 11.8. The lowest BCUT2D eigenvalue weighted by Crippen LogP contribution is -2.46. The monoisotopic (exact) mass is 345 g/mol. The van der Waals surface area contributed by atoms with Crippen LogP contribution in [0, 0.1) is 12.8 Å². The van der Waals surface area contributed by atoms with Gasteiger partial charge < -0.3 is 15.2 Å². The third-order valence-corrected chi connectivity index (χ3v) is 5.41. The number of benzene rings is 1. The van der Waals surface area contributed by atoms with Gasteiger partial charge >= 0.3 is 5.97 Å². The van der Waals surface area contributed by atoms with E-state index in [4.69, 9.17) is 9.84 Å². The maximum absolute atomic E-state index is 12.4.